The molecular formula is C18H15N3OS3. The van der Waals surface area contributed by atoms with Crippen molar-refractivity contribution in [3.8, 4) is 0 Å². The lowest BCUT2D eigenvalue weighted by molar-refractivity contribution is 0.102. The van der Waals surface area contributed by atoms with E-state index in [-0.39, 0.29) is 5.91 Å². The van der Waals surface area contributed by atoms with Crippen LogP contribution in [0.2, 0.25) is 0 Å². The first-order valence-corrected chi connectivity index (χ1v) is 10.5. The maximum Gasteiger partial charge on any atom is 0.257 e. The van der Waals surface area contributed by atoms with Gasteiger partial charge in [-0.05, 0) is 43.0 Å². The van der Waals surface area contributed by atoms with Gasteiger partial charge >= 0.3 is 0 Å². The van der Waals surface area contributed by atoms with Crippen LogP contribution in [0, 0.1) is 6.92 Å². The first-order valence-electron chi connectivity index (χ1n) is 7.85. The van der Waals surface area contributed by atoms with Crippen molar-refractivity contribution in [2.45, 2.75) is 18.7 Å². The van der Waals surface area contributed by atoms with E-state index < -0.39 is 0 Å². The van der Waals surface area contributed by atoms with Crippen LogP contribution in [0.1, 0.15) is 22.3 Å². The van der Waals surface area contributed by atoms with Crippen molar-refractivity contribution in [1.29, 1.82) is 0 Å². The molecule has 0 saturated heterocycles. The van der Waals surface area contributed by atoms with Crippen LogP contribution >= 0.6 is 34.4 Å². The minimum Gasteiger partial charge on any atom is -0.298 e. The van der Waals surface area contributed by atoms with E-state index in [4.69, 9.17) is 0 Å². The second-order valence-corrected chi connectivity index (χ2v) is 8.97. The maximum atomic E-state index is 12.6. The van der Waals surface area contributed by atoms with Gasteiger partial charge in [-0.25, -0.2) is 9.97 Å². The van der Waals surface area contributed by atoms with Gasteiger partial charge in [0.05, 0.1) is 25.4 Å². The molecule has 7 heteroatoms. The molecular weight excluding hydrogens is 370 g/mol. The molecule has 1 N–H and O–H groups in total. The first kappa shape index (κ1) is 16.5. The molecule has 0 saturated carbocycles. The van der Waals surface area contributed by atoms with Gasteiger partial charge in [0.1, 0.15) is 0 Å². The fraction of sp³-hybridized carbons (Fsp3) is 0.167. The summed E-state index contributed by atoms with van der Waals surface area (Å²) in [7, 11) is 0. The van der Waals surface area contributed by atoms with E-state index in [1.807, 2.05) is 43.3 Å². The highest BCUT2D eigenvalue weighted by atomic mass is 32.2. The Bertz CT molecular complexity index is 1080. The molecule has 0 atom stereocenters. The lowest BCUT2D eigenvalue weighted by Crippen LogP contribution is -2.11. The molecule has 4 rings (SSSR count). The quantitative estimate of drug-likeness (QED) is 0.466. The van der Waals surface area contributed by atoms with Gasteiger partial charge in [0.25, 0.3) is 5.91 Å². The number of hydrogen-bond donors (Lipinski definition) is 1. The summed E-state index contributed by atoms with van der Waals surface area (Å²) >= 11 is 4.88. The van der Waals surface area contributed by atoms with Crippen LogP contribution in [-0.4, -0.2) is 21.6 Å². The number of thiazole rings is 2. The van der Waals surface area contributed by atoms with Crippen LogP contribution in [0.15, 0.2) is 41.3 Å². The number of benzene rings is 2. The molecule has 0 bridgehead atoms. The number of fused-ring (bicyclic) bond motifs is 3. The average Bonchev–Trinajstić information content (AvgIpc) is 3.17. The van der Waals surface area contributed by atoms with Crippen LogP contribution < -0.4 is 5.32 Å². The number of nitrogens with one attached hydrogen (secondary N) is 1. The number of aromatic nitrogens is 2. The van der Waals surface area contributed by atoms with Gasteiger partial charge in [0.15, 0.2) is 5.13 Å². The highest BCUT2D eigenvalue weighted by Gasteiger charge is 2.13. The molecule has 0 spiro atoms. The third-order valence-electron chi connectivity index (χ3n) is 3.65. The summed E-state index contributed by atoms with van der Waals surface area (Å²) in [5.74, 6) is 0.849. The molecule has 0 unspecified atom stereocenters. The van der Waals surface area contributed by atoms with Crippen molar-refractivity contribution < 1.29 is 4.79 Å². The molecule has 0 aliphatic heterocycles. The summed E-state index contributed by atoms with van der Waals surface area (Å²) in [6.45, 7) is 4.10. The van der Waals surface area contributed by atoms with Gasteiger partial charge in [-0.3, -0.25) is 10.1 Å². The number of carbonyl (C=O) groups excluding carboxylic acids is 1. The monoisotopic (exact) mass is 385 g/mol. The second-order valence-electron chi connectivity index (χ2n) is 5.43. The van der Waals surface area contributed by atoms with Gasteiger partial charge in [0.2, 0.25) is 0 Å². The molecule has 0 fully saturated rings. The van der Waals surface area contributed by atoms with Crippen LogP contribution in [0.3, 0.4) is 0 Å². The Hall–Kier alpha value is -1.96. The van der Waals surface area contributed by atoms with Gasteiger partial charge in [-0.1, -0.05) is 24.3 Å². The fourth-order valence-corrected chi connectivity index (χ4v) is 5.32. The number of aryl methyl sites for hydroxylation is 1. The zero-order valence-electron chi connectivity index (χ0n) is 13.7. The summed E-state index contributed by atoms with van der Waals surface area (Å²) in [4.78, 5) is 22.7. The number of anilines is 1. The Morgan fingerprint density at radius 2 is 1.88 bits per heavy atom. The molecule has 0 aliphatic rings. The standard InChI is InChI=1S/C18H15N3OS3/c1-3-23-12-6-4-5-11(9-12)17(22)21-18-20-14-8-7-13-15(16(14)25-18)24-10(2)19-13/h4-9H,3H2,1-2H3,(H,20,21,22). The number of hydrogen-bond acceptors (Lipinski definition) is 6. The molecule has 2 aromatic carbocycles. The molecule has 2 heterocycles. The van der Waals surface area contributed by atoms with E-state index in [1.54, 1.807) is 23.1 Å². The Morgan fingerprint density at radius 3 is 2.68 bits per heavy atom. The van der Waals surface area contributed by atoms with Crippen molar-refractivity contribution in [2.24, 2.45) is 0 Å². The predicted octanol–water partition coefficient (Wildman–Crippen LogP) is 5.58. The Labute approximate surface area is 157 Å². The highest BCUT2D eigenvalue weighted by molar-refractivity contribution is 7.99. The van der Waals surface area contributed by atoms with E-state index >= 15 is 0 Å². The molecule has 4 aromatic rings. The predicted molar refractivity (Wildman–Crippen MR) is 108 cm³/mol. The molecule has 0 radical (unpaired) electrons. The summed E-state index contributed by atoms with van der Waals surface area (Å²) in [6.07, 6.45) is 0. The zero-order valence-corrected chi connectivity index (χ0v) is 16.1. The van der Waals surface area contributed by atoms with Crippen molar-refractivity contribution in [2.75, 3.05) is 11.1 Å². The number of carbonyl (C=O) groups is 1. The lowest BCUT2D eigenvalue weighted by Gasteiger charge is -2.04. The van der Waals surface area contributed by atoms with Crippen LogP contribution in [-0.2, 0) is 0 Å². The molecule has 0 aliphatic carbocycles. The normalized spacial score (nSPS) is 11.3. The highest BCUT2D eigenvalue weighted by Crippen LogP contribution is 2.35. The molecule has 126 valence electrons. The van der Waals surface area contributed by atoms with Gasteiger partial charge in [-0.2, -0.15) is 0 Å². The zero-order chi connectivity index (χ0) is 17.4. The lowest BCUT2D eigenvalue weighted by atomic mass is 10.2. The van der Waals surface area contributed by atoms with E-state index in [9.17, 15) is 4.79 Å². The molecule has 25 heavy (non-hydrogen) atoms. The topological polar surface area (TPSA) is 54.9 Å². The molecule has 2 aromatic heterocycles. The van der Waals surface area contributed by atoms with E-state index in [2.05, 4.69) is 22.2 Å². The number of amides is 1. The third-order valence-corrected chi connectivity index (χ3v) is 6.66. The summed E-state index contributed by atoms with van der Waals surface area (Å²) in [6, 6.07) is 11.6. The largest absolute Gasteiger partial charge is 0.298 e. The van der Waals surface area contributed by atoms with Crippen molar-refractivity contribution in [1.82, 2.24) is 9.97 Å². The average molecular weight is 386 g/mol. The van der Waals surface area contributed by atoms with Gasteiger partial charge in [-0.15, -0.1) is 23.1 Å². The van der Waals surface area contributed by atoms with Crippen LogP contribution in [0.4, 0.5) is 5.13 Å². The Morgan fingerprint density at radius 1 is 1.12 bits per heavy atom. The summed E-state index contributed by atoms with van der Waals surface area (Å²) in [5, 5.41) is 4.58. The Kier molecular flexibility index (Phi) is 4.45. The molecule has 4 nitrogen and oxygen atoms in total. The second kappa shape index (κ2) is 6.74. The fourth-order valence-electron chi connectivity index (χ4n) is 2.60. The van der Waals surface area contributed by atoms with Crippen molar-refractivity contribution in [3.63, 3.8) is 0 Å². The van der Waals surface area contributed by atoms with E-state index in [0.29, 0.717) is 10.7 Å². The molecule has 1 amide bonds. The van der Waals surface area contributed by atoms with Gasteiger partial charge in [0, 0.05) is 10.5 Å². The van der Waals surface area contributed by atoms with Gasteiger partial charge < -0.3 is 0 Å². The smallest absolute Gasteiger partial charge is 0.257 e. The number of rotatable bonds is 4. The maximum absolute atomic E-state index is 12.6. The Balaban J connectivity index is 1.65. The van der Waals surface area contributed by atoms with Crippen molar-refractivity contribution in [3.05, 3.63) is 47.0 Å². The van der Waals surface area contributed by atoms with E-state index in [1.165, 1.54) is 11.3 Å². The van der Waals surface area contributed by atoms with Crippen LogP contribution in [0.25, 0.3) is 20.4 Å². The third kappa shape index (κ3) is 3.27. The summed E-state index contributed by atoms with van der Waals surface area (Å²) in [5.41, 5.74) is 2.53. The minimum atomic E-state index is -0.130. The van der Waals surface area contributed by atoms with E-state index in [0.717, 1.165) is 36.1 Å². The SMILES string of the molecule is CCSc1cccc(C(=O)Nc2nc3ccc4nc(C)sc4c3s2)c1. The first-order chi connectivity index (χ1) is 12.1. The van der Waals surface area contributed by atoms with Crippen LogP contribution in [0.5, 0.6) is 0 Å². The minimum absolute atomic E-state index is 0.130. The number of nitrogens with zero attached hydrogens (tertiary/aromatic N) is 2. The van der Waals surface area contributed by atoms with Crippen molar-refractivity contribution >= 4 is 65.9 Å². The summed E-state index contributed by atoms with van der Waals surface area (Å²) < 4.78 is 2.21. The number of thioether (sulfide) groups is 1.